The minimum absolute atomic E-state index is 0.189. The quantitative estimate of drug-likeness (QED) is 0.831. The summed E-state index contributed by atoms with van der Waals surface area (Å²) in [5.74, 6) is 4.17. The van der Waals surface area contributed by atoms with Crippen molar-refractivity contribution >= 4 is 5.82 Å². The van der Waals surface area contributed by atoms with Crippen molar-refractivity contribution in [2.45, 2.75) is 0 Å². The van der Waals surface area contributed by atoms with Gasteiger partial charge in [-0.25, -0.2) is 4.98 Å². The van der Waals surface area contributed by atoms with Gasteiger partial charge in [-0.05, 0) is 0 Å². The molecule has 2 rings (SSSR count). The van der Waals surface area contributed by atoms with Crippen molar-refractivity contribution in [3.8, 4) is 29.6 Å². The number of terminal acetylenes is 1. The average Bonchev–Trinajstić information content (AvgIpc) is 2.45. The number of hydrogen-bond acceptors (Lipinski definition) is 4. The van der Waals surface area contributed by atoms with E-state index in [2.05, 4.69) is 21.2 Å². The first kappa shape index (κ1) is 11.9. The topological polar surface area (TPSA) is 47.0 Å². The Morgan fingerprint density at radius 2 is 2.06 bits per heavy atom. The molecular formula is C14H13N3O. The van der Waals surface area contributed by atoms with E-state index in [1.807, 2.05) is 30.3 Å². The fraction of sp³-hybridized carbons (Fsp3) is 0.143. The van der Waals surface area contributed by atoms with Gasteiger partial charge >= 0.3 is 0 Å². The molecule has 1 N–H and O–H groups in total. The number of rotatable bonds is 4. The van der Waals surface area contributed by atoms with Crippen LogP contribution in [0.25, 0.3) is 11.4 Å². The van der Waals surface area contributed by atoms with Gasteiger partial charge in [0, 0.05) is 18.7 Å². The predicted molar refractivity (Wildman–Crippen MR) is 71.3 cm³/mol. The van der Waals surface area contributed by atoms with Crippen LogP contribution in [0.1, 0.15) is 0 Å². The summed E-state index contributed by atoms with van der Waals surface area (Å²) in [7, 11) is 1.79. The highest BCUT2D eigenvalue weighted by molar-refractivity contribution is 5.58. The zero-order valence-corrected chi connectivity index (χ0v) is 10.1. The lowest BCUT2D eigenvalue weighted by Gasteiger charge is -2.07. The number of hydrogen-bond donors (Lipinski definition) is 1. The highest BCUT2D eigenvalue weighted by atomic mass is 16.5. The van der Waals surface area contributed by atoms with E-state index in [9.17, 15) is 0 Å². The molecule has 1 heterocycles. The molecular weight excluding hydrogens is 226 g/mol. The predicted octanol–water partition coefficient (Wildman–Crippen LogP) is 2.20. The fourth-order valence-electron chi connectivity index (χ4n) is 1.46. The SMILES string of the molecule is C#CCOc1cc(NC)nc(-c2ccccc2)n1. The van der Waals surface area contributed by atoms with Crippen molar-refractivity contribution in [1.29, 1.82) is 0 Å². The monoisotopic (exact) mass is 239 g/mol. The maximum Gasteiger partial charge on any atom is 0.220 e. The van der Waals surface area contributed by atoms with Crippen LogP contribution >= 0.6 is 0 Å². The Bertz CT molecular complexity index is 561. The lowest BCUT2D eigenvalue weighted by atomic mass is 10.2. The Labute approximate surface area is 106 Å². The minimum atomic E-state index is 0.189. The fourth-order valence-corrected chi connectivity index (χ4v) is 1.46. The molecule has 0 saturated heterocycles. The lowest BCUT2D eigenvalue weighted by Crippen LogP contribution is -2.02. The van der Waals surface area contributed by atoms with Crippen LogP contribution in [0, 0.1) is 12.3 Å². The second-order valence-corrected chi connectivity index (χ2v) is 3.52. The second-order valence-electron chi connectivity index (χ2n) is 3.52. The summed E-state index contributed by atoms with van der Waals surface area (Å²) in [6, 6.07) is 11.4. The number of nitrogens with zero attached hydrogens (tertiary/aromatic N) is 2. The van der Waals surface area contributed by atoms with Crippen LogP contribution in [-0.4, -0.2) is 23.6 Å². The first-order valence-electron chi connectivity index (χ1n) is 5.52. The first-order chi connectivity index (χ1) is 8.83. The molecule has 0 aliphatic carbocycles. The molecule has 0 bridgehead atoms. The van der Waals surface area contributed by atoms with E-state index in [4.69, 9.17) is 11.2 Å². The van der Waals surface area contributed by atoms with Crippen molar-refractivity contribution in [2.24, 2.45) is 0 Å². The van der Waals surface area contributed by atoms with E-state index < -0.39 is 0 Å². The molecule has 90 valence electrons. The Balaban J connectivity index is 2.38. The minimum Gasteiger partial charge on any atom is -0.464 e. The van der Waals surface area contributed by atoms with Crippen LogP contribution in [0.4, 0.5) is 5.82 Å². The highest BCUT2D eigenvalue weighted by Crippen LogP contribution is 2.20. The van der Waals surface area contributed by atoms with Gasteiger partial charge in [-0.1, -0.05) is 36.3 Å². The third-order valence-electron chi connectivity index (χ3n) is 2.29. The molecule has 0 aliphatic heterocycles. The molecule has 0 aliphatic rings. The maximum absolute atomic E-state index is 5.33. The normalized spacial score (nSPS) is 9.56. The van der Waals surface area contributed by atoms with Gasteiger partial charge in [-0.15, -0.1) is 6.42 Å². The number of aromatic nitrogens is 2. The van der Waals surface area contributed by atoms with Gasteiger partial charge in [0.25, 0.3) is 0 Å². The second kappa shape index (κ2) is 5.69. The molecule has 0 radical (unpaired) electrons. The molecule has 0 spiro atoms. The number of nitrogens with one attached hydrogen (secondary N) is 1. The van der Waals surface area contributed by atoms with Gasteiger partial charge in [0.05, 0.1) is 0 Å². The van der Waals surface area contributed by atoms with Crippen LogP contribution in [0.2, 0.25) is 0 Å². The van der Waals surface area contributed by atoms with Gasteiger partial charge in [-0.3, -0.25) is 0 Å². The maximum atomic E-state index is 5.33. The molecule has 0 atom stereocenters. The van der Waals surface area contributed by atoms with Crippen molar-refractivity contribution < 1.29 is 4.74 Å². The van der Waals surface area contributed by atoms with Crippen molar-refractivity contribution in [2.75, 3.05) is 19.0 Å². The van der Waals surface area contributed by atoms with E-state index in [1.54, 1.807) is 13.1 Å². The Kier molecular flexibility index (Phi) is 3.77. The molecule has 2 aromatic rings. The zero-order valence-electron chi connectivity index (χ0n) is 10.1. The van der Waals surface area contributed by atoms with Crippen molar-refractivity contribution in [3.05, 3.63) is 36.4 Å². The van der Waals surface area contributed by atoms with Gasteiger partial charge in [0.15, 0.2) is 12.4 Å². The summed E-state index contributed by atoms with van der Waals surface area (Å²) in [4.78, 5) is 8.70. The third-order valence-corrected chi connectivity index (χ3v) is 2.29. The summed E-state index contributed by atoms with van der Waals surface area (Å²) < 4.78 is 5.33. The van der Waals surface area contributed by atoms with E-state index >= 15 is 0 Å². The summed E-state index contributed by atoms with van der Waals surface area (Å²) in [6.45, 7) is 0.189. The van der Waals surface area contributed by atoms with E-state index in [0.29, 0.717) is 17.5 Å². The number of benzene rings is 1. The molecule has 1 aromatic heterocycles. The lowest BCUT2D eigenvalue weighted by molar-refractivity contribution is 0.355. The Morgan fingerprint density at radius 3 is 2.72 bits per heavy atom. The highest BCUT2D eigenvalue weighted by Gasteiger charge is 2.06. The number of ether oxygens (including phenoxy) is 1. The van der Waals surface area contributed by atoms with Gasteiger partial charge < -0.3 is 10.1 Å². The summed E-state index contributed by atoms with van der Waals surface area (Å²) in [5, 5.41) is 2.97. The van der Waals surface area contributed by atoms with Gasteiger partial charge in [0.2, 0.25) is 5.88 Å². The van der Waals surface area contributed by atoms with Crippen LogP contribution in [0.3, 0.4) is 0 Å². The van der Waals surface area contributed by atoms with Crippen LogP contribution < -0.4 is 10.1 Å². The molecule has 0 amide bonds. The first-order valence-corrected chi connectivity index (χ1v) is 5.52. The molecule has 0 fully saturated rings. The molecule has 1 aromatic carbocycles. The standard InChI is InChI=1S/C14H13N3O/c1-3-9-18-13-10-12(15-2)16-14(17-13)11-7-5-4-6-8-11/h1,4-8,10H,9H2,2H3,(H,15,16,17). The zero-order chi connectivity index (χ0) is 12.8. The third kappa shape index (κ3) is 2.77. The van der Waals surface area contributed by atoms with Crippen molar-refractivity contribution in [1.82, 2.24) is 9.97 Å². The van der Waals surface area contributed by atoms with E-state index in [-0.39, 0.29) is 6.61 Å². The number of anilines is 1. The van der Waals surface area contributed by atoms with E-state index in [1.165, 1.54) is 0 Å². The van der Waals surface area contributed by atoms with Gasteiger partial charge in [0.1, 0.15) is 5.82 Å². The summed E-state index contributed by atoms with van der Waals surface area (Å²) >= 11 is 0. The van der Waals surface area contributed by atoms with Gasteiger partial charge in [-0.2, -0.15) is 4.98 Å². The largest absolute Gasteiger partial charge is 0.464 e. The summed E-state index contributed by atoms with van der Waals surface area (Å²) in [5.41, 5.74) is 0.931. The molecule has 4 heteroatoms. The Hall–Kier alpha value is -2.54. The average molecular weight is 239 g/mol. The Morgan fingerprint density at radius 1 is 1.28 bits per heavy atom. The molecule has 4 nitrogen and oxygen atoms in total. The molecule has 0 unspecified atom stereocenters. The van der Waals surface area contributed by atoms with Crippen molar-refractivity contribution in [3.63, 3.8) is 0 Å². The summed E-state index contributed by atoms with van der Waals surface area (Å²) in [6.07, 6.45) is 5.16. The molecule has 0 saturated carbocycles. The molecule has 18 heavy (non-hydrogen) atoms. The van der Waals surface area contributed by atoms with E-state index in [0.717, 1.165) is 5.56 Å². The van der Waals surface area contributed by atoms with Crippen LogP contribution in [-0.2, 0) is 0 Å². The smallest absolute Gasteiger partial charge is 0.220 e. The van der Waals surface area contributed by atoms with Crippen LogP contribution in [0.5, 0.6) is 5.88 Å². The van der Waals surface area contributed by atoms with Crippen LogP contribution in [0.15, 0.2) is 36.4 Å².